The summed E-state index contributed by atoms with van der Waals surface area (Å²) in [6, 6.07) is 14.6. The lowest BCUT2D eigenvalue weighted by Crippen LogP contribution is -2.12. The van der Waals surface area contributed by atoms with Gasteiger partial charge < -0.3 is 10.4 Å². The summed E-state index contributed by atoms with van der Waals surface area (Å²) in [4.78, 5) is 25.3. The summed E-state index contributed by atoms with van der Waals surface area (Å²) in [6.07, 6.45) is 3.00. The molecule has 2 heterocycles. The van der Waals surface area contributed by atoms with Crippen molar-refractivity contribution in [2.24, 2.45) is 0 Å². The number of hydrogen-bond acceptors (Lipinski definition) is 7. The maximum absolute atomic E-state index is 12.7. The van der Waals surface area contributed by atoms with Gasteiger partial charge >= 0.3 is 0 Å². The molecular weight excluding hydrogens is 388 g/mol. The predicted molar refractivity (Wildman–Crippen MR) is 107 cm³/mol. The molecule has 0 radical (unpaired) electrons. The van der Waals surface area contributed by atoms with E-state index in [1.807, 2.05) is 37.3 Å². The van der Waals surface area contributed by atoms with Gasteiger partial charge in [-0.2, -0.15) is 5.10 Å². The molecule has 2 aromatic heterocycles. The van der Waals surface area contributed by atoms with E-state index in [0.717, 1.165) is 17.1 Å². The third kappa shape index (κ3) is 4.70. The van der Waals surface area contributed by atoms with Gasteiger partial charge in [-0.3, -0.25) is 9.59 Å². The van der Waals surface area contributed by atoms with Crippen molar-refractivity contribution in [2.75, 3.05) is 5.32 Å². The molecule has 0 spiro atoms. The Morgan fingerprint density at radius 3 is 2.73 bits per heavy atom. The van der Waals surface area contributed by atoms with E-state index in [9.17, 15) is 4.79 Å². The standard InChI is InChI=1S/C18H16N8O.CH2O2/c1-2-25-17(19-11-21-25)13-5-3-6-14(9-13)18(27)22-15-7-4-8-16(10-15)26-12-20-23-24-26;2-1-3/h3-12H,2H2,1H3,(H,22,27);1H,(H,2,3). The van der Waals surface area contributed by atoms with E-state index in [1.165, 1.54) is 17.3 Å². The van der Waals surface area contributed by atoms with Crippen molar-refractivity contribution < 1.29 is 14.7 Å². The zero-order valence-electron chi connectivity index (χ0n) is 16.0. The van der Waals surface area contributed by atoms with E-state index < -0.39 is 0 Å². The van der Waals surface area contributed by atoms with Crippen LogP contribution < -0.4 is 5.32 Å². The number of hydrogen-bond donors (Lipinski definition) is 2. The summed E-state index contributed by atoms with van der Waals surface area (Å²) >= 11 is 0. The largest absolute Gasteiger partial charge is 0.483 e. The van der Waals surface area contributed by atoms with Gasteiger partial charge in [0.05, 0.1) is 5.69 Å². The van der Waals surface area contributed by atoms with Crippen molar-refractivity contribution in [3.63, 3.8) is 0 Å². The predicted octanol–water partition coefficient (Wildman–Crippen LogP) is 1.89. The van der Waals surface area contributed by atoms with E-state index in [4.69, 9.17) is 9.90 Å². The molecular formula is C19H18N8O3. The Kier molecular flexibility index (Phi) is 6.56. The summed E-state index contributed by atoms with van der Waals surface area (Å²) in [5, 5.41) is 25.0. The molecule has 0 atom stereocenters. The fraction of sp³-hybridized carbons (Fsp3) is 0.105. The number of nitrogens with one attached hydrogen (secondary N) is 1. The molecule has 11 heteroatoms. The number of benzene rings is 2. The molecule has 0 saturated carbocycles. The third-order valence-corrected chi connectivity index (χ3v) is 4.02. The molecule has 2 N–H and O–H groups in total. The van der Waals surface area contributed by atoms with Gasteiger partial charge in [0.25, 0.3) is 12.4 Å². The van der Waals surface area contributed by atoms with Crippen LogP contribution in [0.4, 0.5) is 5.69 Å². The Morgan fingerprint density at radius 2 is 2.00 bits per heavy atom. The molecule has 11 nitrogen and oxygen atoms in total. The van der Waals surface area contributed by atoms with Crippen LogP contribution in [0.1, 0.15) is 17.3 Å². The van der Waals surface area contributed by atoms with Gasteiger partial charge in [-0.05, 0) is 47.7 Å². The quantitative estimate of drug-likeness (QED) is 0.479. The highest BCUT2D eigenvalue weighted by Crippen LogP contribution is 2.19. The van der Waals surface area contributed by atoms with Crippen LogP contribution in [0.5, 0.6) is 0 Å². The summed E-state index contributed by atoms with van der Waals surface area (Å²) in [5.41, 5.74) is 2.77. The summed E-state index contributed by atoms with van der Waals surface area (Å²) in [7, 11) is 0. The molecule has 1 amide bonds. The zero-order valence-corrected chi connectivity index (χ0v) is 16.0. The number of amides is 1. The SMILES string of the molecule is CCn1ncnc1-c1cccc(C(=O)Nc2cccc(-n3cnnn3)c2)c1.O=CO. The number of rotatable bonds is 5. The van der Waals surface area contributed by atoms with Gasteiger partial charge in [0, 0.05) is 23.4 Å². The monoisotopic (exact) mass is 406 g/mol. The second-order valence-corrected chi connectivity index (χ2v) is 5.84. The molecule has 152 valence electrons. The maximum atomic E-state index is 12.7. The molecule has 0 aliphatic heterocycles. The van der Waals surface area contributed by atoms with Crippen LogP contribution in [0, 0.1) is 0 Å². The van der Waals surface area contributed by atoms with Gasteiger partial charge in [-0.15, -0.1) is 5.10 Å². The first-order valence-electron chi connectivity index (χ1n) is 8.87. The number of carboxylic acid groups (broad SMARTS) is 1. The number of aromatic nitrogens is 7. The van der Waals surface area contributed by atoms with Crippen molar-refractivity contribution in [3.05, 3.63) is 66.7 Å². The van der Waals surface area contributed by atoms with Crippen molar-refractivity contribution in [2.45, 2.75) is 13.5 Å². The molecule has 0 fully saturated rings. The number of carbonyl (C=O) groups is 2. The van der Waals surface area contributed by atoms with E-state index in [0.29, 0.717) is 17.8 Å². The van der Waals surface area contributed by atoms with Gasteiger partial charge in [0.2, 0.25) is 0 Å². The smallest absolute Gasteiger partial charge is 0.290 e. The highest BCUT2D eigenvalue weighted by atomic mass is 16.3. The van der Waals surface area contributed by atoms with E-state index >= 15 is 0 Å². The maximum Gasteiger partial charge on any atom is 0.290 e. The number of nitrogens with zero attached hydrogens (tertiary/aromatic N) is 7. The normalized spacial score (nSPS) is 10.0. The van der Waals surface area contributed by atoms with E-state index in [1.54, 1.807) is 22.9 Å². The zero-order chi connectivity index (χ0) is 21.3. The third-order valence-electron chi connectivity index (χ3n) is 4.02. The summed E-state index contributed by atoms with van der Waals surface area (Å²) < 4.78 is 3.31. The molecule has 0 aliphatic rings. The van der Waals surface area contributed by atoms with Gasteiger partial charge in [-0.1, -0.05) is 18.2 Å². The minimum absolute atomic E-state index is 0.215. The first-order valence-corrected chi connectivity index (χ1v) is 8.87. The minimum Gasteiger partial charge on any atom is -0.483 e. The Morgan fingerprint density at radius 1 is 1.20 bits per heavy atom. The second-order valence-electron chi connectivity index (χ2n) is 5.84. The van der Waals surface area contributed by atoms with Crippen LogP contribution in [0.3, 0.4) is 0 Å². The molecule has 2 aromatic carbocycles. The van der Waals surface area contributed by atoms with Crippen molar-refractivity contribution in [1.82, 2.24) is 35.0 Å². The summed E-state index contributed by atoms with van der Waals surface area (Å²) in [5.74, 6) is 0.515. The van der Waals surface area contributed by atoms with Crippen molar-refractivity contribution in [1.29, 1.82) is 0 Å². The summed E-state index contributed by atoms with van der Waals surface area (Å²) in [6.45, 7) is 2.45. The van der Waals surface area contributed by atoms with Crippen molar-refractivity contribution in [3.8, 4) is 17.1 Å². The first kappa shape index (κ1) is 20.3. The highest BCUT2D eigenvalue weighted by Gasteiger charge is 2.11. The second kappa shape index (κ2) is 9.68. The molecule has 0 bridgehead atoms. The highest BCUT2D eigenvalue weighted by molar-refractivity contribution is 6.05. The lowest BCUT2D eigenvalue weighted by Gasteiger charge is -2.09. The van der Waals surface area contributed by atoms with Crippen LogP contribution in [-0.4, -0.2) is 52.5 Å². The average Bonchev–Trinajstić information content (AvgIpc) is 3.46. The van der Waals surface area contributed by atoms with E-state index in [2.05, 4.69) is 30.9 Å². The lowest BCUT2D eigenvalue weighted by atomic mass is 10.1. The molecule has 30 heavy (non-hydrogen) atoms. The fourth-order valence-corrected chi connectivity index (χ4v) is 2.73. The van der Waals surface area contributed by atoms with Crippen molar-refractivity contribution >= 4 is 18.1 Å². The first-order chi connectivity index (χ1) is 14.7. The molecule has 4 rings (SSSR count). The van der Waals surface area contributed by atoms with Crippen LogP contribution in [0.25, 0.3) is 17.1 Å². The molecule has 0 saturated heterocycles. The number of tetrazole rings is 1. The van der Waals surface area contributed by atoms with Gasteiger partial charge in [-0.25, -0.2) is 14.3 Å². The minimum atomic E-state index is -0.250. The van der Waals surface area contributed by atoms with E-state index in [-0.39, 0.29) is 12.4 Å². The van der Waals surface area contributed by atoms with Crippen LogP contribution in [-0.2, 0) is 11.3 Å². The molecule has 0 unspecified atom stereocenters. The molecule has 4 aromatic rings. The average molecular weight is 406 g/mol. The fourth-order valence-electron chi connectivity index (χ4n) is 2.73. The number of anilines is 1. The van der Waals surface area contributed by atoms with Gasteiger partial charge in [0.1, 0.15) is 12.7 Å². The Labute approximate surface area is 171 Å². The number of aryl methyl sites for hydroxylation is 1. The van der Waals surface area contributed by atoms with Gasteiger partial charge in [0.15, 0.2) is 5.82 Å². The van der Waals surface area contributed by atoms with Crippen LogP contribution >= 0.6 is 0 Å². The molecule has 0 aliphatic carbocycles. The Bertz CT molecular complexity index is 1120. The van der Waals surface area contributed by atoms with Crippen LogP contribution in [0.2, 0.25) is 0 Å². The topological polar surface area (TPSA) is 141 Å². The lowest BCUT2D eigenvalue weighted by molar-refractivity contribution is -0.122. The Balaban J connectivity index is 0.000000806. The number of carbonyl (C=O) groups excluding carboxylic acids is 1. The Hall–Kier alpha value is -4.41. The van der Waals surface area contributed by atoms with Crippen LogP contribution in [0.15, 0.2) is 61.2 Å².